The van der Waals surface area contributed by atoms with Crippen LogP contribution >= 0.6 is 0 Å². The fraction of sp³-hybridized carbons (Fsp3) is 0.947. The standard InChI is InChI=1S/C19H30F2N2O2/c1-22-10-16(12-25-11-14-2-3-14)18(13-22)4-6-23(7-5-18)17(24)15-8-19(20,21)9-15/h14-16H,2-13H2,1H3. The number of halogens is 2. The maximum atomic E-state index is 13.0. The third-order valence-electron chi connectivity index (χ3n) is 6.86. The van der Waals surface area contributed by atoms with Gasteiger partial charge in [-0.05, 0) is 44.1 Å². The van der Waals surface area contributed by atoms with Crippen molar-refractivity contribution in [2.24, 2.45) is 23.2 Å². The molecule has 4 aliphatic rings. The Labute approximate surface area is 148 Å². The van der Waals surface area contributed by atoms with E-state index in [0.29, 0.717) is 19.0 Å². The average molecular weight is 356 g/mol. The molecule has 4 rings (SSSR count). The van der Waals surface area contributed by atoms with Crippen molar-refractivity contribution >= 4 is 5.91 Å². The van der Waals surface area contributed by atoms with Crippen molar-refractivity contribution in [3.05, 3.63) is 0 Å². The summed E-state index contributed by atoms with van der Waals surface area (Å²) >= 11 is 0. The summed E-state index contributed by atoms with van der Waals surface area (Å²) in [5.74, 6) is -1.80. The van der Waals surface area contributed by atoms with E-state index in [1.54, 1.807) is 0 Å². The molecule has 0 aromatic carbocycles. The predicted molar refractivity (Wildman–Crippen MR) is 90.4 cm³/mol. The number of piperidine rings is 1. The number of carbonyl (C=O) groups excluding carboxylic acids is 1. The molecule has 4 nitrogen and oxygen atoms in total. The first-order chi connectivity index (χ1) is 11.9. The highest BCUT2D eigenvalue weighted by Gasteiger charge is 2.52. The second-order valence-electron chi connectivity index (χ2n) is 9.02. The highest BCUT2D eigenvalue weighted by molar-refractivity contribution is 5.80. The third kappa shape index (κ3) is 3.70. The van der Waals surface area contributed by atoms with E-state index < -0.39 is 11.8 Å². The van der Waals surface area contributed by atoms with Crippen molar-refractivity contribution in [3.8, 4) is 0 Å². The second kappa shape index (κ2) is 6.45. The molecule has 0 aromatic heterocycles. The van der Waals surface area contributed by atoms with Crippen LogP contribution in [0.2, 0.25) is 0 Å². The number of carbonyl (C=O) groups is 1. The molecule has 2 aliphatic heterocycles. The van der Waals surface area contributed by atoms with Crippen molar-refractivity contribution < 1.29 is 18.3 Å². The Morgan fingerprint density at radius 2 is 1.84 bits per heavy atom. The number of amides is 1. The van der Waals surface area contributed by atoms with Crippen LogP contribution in [-0.4, -0.2) is 68.1 Å². The van der Waals surface area contributed by atoms with Gasteiger partial charge in [0.1, 0.15) is 0 Å². The Kier molecular flexibility index (Phi) is 4.55. The van der Waals surface area contributed by atoms with Crippen molar-refractivity contribution in [2.75, 3.05) is 46.4 Å². The van der Waals surface area contributed by atoms with Crippen molar-refractivity contribution in [2.45, 2.75) is 44.4 Å². The molecule has 4 fully saturated rings. The summed E-state index contributed by atoms with van der Waals surface area (Å²) in [6.07, 6.45) is 4.06. The maximum absolute atomic E-state index is 13.0. The number of likely N-dealkylation sites (tertiary alicyclic amines) is 2. The Morgan fingerprint density at radius 1 is 1.16 bits per heavy atom. The smallest absolute Gasteiger partial charge is 0.249 e. The molecule has 6 heteroatoms. The Hall–Kier alpha value is -0.750. The van der Waals surface area contributed by atoms with Crippen molar-refractivity contribution in [1.29, 1.82) is 0 Å². The topological polar surface area (TPSA) is 32.8 Å². The molecule has 0 aromatic rings. The van der Waals surface area contributed by atoms with Crippen LogP contribution in [0.4, 0.5) is 8.78 Å². The largest absolute Gasteiger partial charge is 0.381 e. The molecule has 2 saturated heterocycles. The molecule has 1 amide bonds. The number of hydrogen-bond acceptors (Lipinski definition) is 3. The summed E-state index contributed by atoms with van der Waals surface area (Å²) in [5.41, 5.74) is 0.235. The van der Waals surface area contributed by atoms with Crippen LogP contribution in [-0.2, 0) is 9.53 Å². The highest BCUT2D eigenvalue weighted by Crippen LogP contribution is 2.47. The molecular formula is C19H30F2N2O2. The van der Waals surface area contributed by atoms with Crippen LogP contribution in [0.1, 0.15) is 38.5 Å². The molecule has 1 spiro atoms. The van der Waals surface area contributed by atoms with Gasteiger partial charge in [-0.25, -0.2) is 8.78 Å². The molecule has 2 saturated carbocycles. The monoisotopic (exact) mass is 356 g/mol. The zero-order valence-corrected chi connectivity index (χ0v) is 15.2. The van der Waals surface area contributed by atoms with Gasteiger partial charge in [0.25, 0.3) is 0 Å². The molecule has 2 aliphatic carbocycles. The van der Waals surface area contributed by atoms with Gasteiger partial charge in [0.05, 0.1) is 6.61 Å². The first-order valence-corrected chi connectivity index (χ1v) is 9.80. The van der Waals surface area contributed by atoms with E-state index in [2.05, 4.69) is 11.9 Å². The minimum Gasteiger partial charge on any atom is -0.381 e. The maximum Gasteiger partial charge on any atom is 0.249 e. The number of ether oxygens (including phenoxy) is 1. The van der Waals surface area contributed by atoms with Gasteiger partial charge < -0.3 is 14.5 Å². The normalized spacial score (nSPS) is 32.1. The highest BCUT2D eigenvalue weighted by atomic mass is 19.3. The first kappa shape index (κ1) is 17.7. The van der Waals surface area contributed by atoms with E-state index in [4.69, 9.17) is 4.74 Å². The molecule has 2 heterocycles. The van der Waals surface area contributed by atoms with E-state index in [0.717, 1.165) is 45.1 Å². The fourth-order valence-electron chi connectivity index (χ4n) is 5.02. The van der Waals surface area contributed by atoms with Gasteiger partial charge in [0, 0.05) is 57.5 Å². The summed E-state index contributed by atoms with van der Waals surface area (Å²) < 4.78 is 32.1. The summed E-state index contributed by atoms with van der Waals surface area (Å²) in [4.78, 5) is 16.7. The lowest BCUT2D eigenvalue weighted by Gasteiger charge is -2.45. The van der Waals surface area contributed by atoms with Gasteiger partial charge in [0.15, 0.2) is 0 Å². The lowest BCUT2D eigenvalue weighted by molar-refractivity contribution is -0.162. The summed E-state index contributed by atoms with van der Waals surface area (Å²) in [7, 11) is 2.16. The van der Waals surface area contributed by atoms with Gasteiger partial charge in [-0.15, -0.1) is 0 Å². The molecule has 0 radical (unpaired) electrons. The molecule has 1 atom stereocenters. The quantitative estimate of drug-likeness (QED) is 0.759. The molecule has 0 N–H and O–H groups in total. The molecule has 25 heavy (non-hydrogen) atoms. The SMILES string of the molecule is CN1CC(COCC2CC2)C2(CCN(C(=O)C3CC(F)(F)C3)CC2)C1. The van der Waals surface area contributed by atoms with Crippen molar-refractivity contribution in [1.82, 2.24) is 9.80 Å². The van der Waals surface area contributed by atoms with Crippen LogP contribution in [0, 0.1) is 23.2 Å². The van der Waals surface area contributed by atoms with Gasteiger partial charge in [0.2, 0.25) is 11.8 Å². The van der Waals surface area contributed by atoms with Gasteiger partial charge in [-0.2, -0.15) is 0 Å². The molecule has 142 valence electrons. The van der Waals surface area contributed by atoms with E-state index in [9.17, 15) is 13.6 Å². The summed E-state index contributed by atoms with van der Waals surface area (Å²) in [6, 6.07) is 0. The molecule has 1 unspecified atom stereocenters. The zero-order chi connectivity index (χ0) is 17.7. The van der Waals surface area contributed by atoms with Crippen molar-refractivity contribution in [3.63, 3.8) is 0 Å². The summed E-state index contributed by atoms with van der Waals surface area (Å²) in [5, 5.41) is 0. The number of nitrogens with zero attached hydrogens (tertiary/aromatic N) is 2. The second-order valence-corrected chi connectivity index (χ2v) is 9.02. The van der Waals surface area contributed by atoms with Crippen LogP contribution in [0.5, 0.6) is 0 Å². The number of hydrogen-bond donors (Lipinski definition) is 0. The predicted octanol–water partition coefficient (Wildman–Crippen LogP) is 2.63. The Morgan fingerprint density at radius 3 is 2.44 bits per heavy atom. The number of alkyl halides is 2. The first-order valence-electron chi connectivity index (χ1n) is 9.80. The van der Waals surface area contributed by atoms with Gasteiger partial charge in [-0.1, -0.05) is 0 Å². The fourth-order valence-corrected chi connectivity index (χ4v) is 5.02. The van der Waals surface area contributed by atoms with Crippen LogP contribution in [0.25, 0.3) is 0 Å². The van der Waals surface area contributed by atoms with E-state index in [-0.39, 0.29) is 24.2 Å². The van der Waals surface area contributed by atoms with E-state index in [1.807, 2.05) is 4.90 Å². The minimum absolute atomic E-state index is 0.0475. The minimum atomic E-state index is -2.62. The molecule has 0 bridgehead atoms. The van der Waals surface area contributed by atoms with Gasteiger partial charge in [-0.3, -0.25) is 4.79 Å². The Balaban J connectivity index is 1.30. The number of rotatable bonds is 5. The Bertz CT molecular complexity index is 508. The van der Waals surface area contributed by atoms with Gasteiger partial charge >= 0.3 is 0 Å². The van der Waals surface area contributed by atoms with E-state index in [1.165, 1.54) is 12.8 Å². The third-order valence-corrected chi connectivity index (χ3v) is 6.86. The van der Waals surface area contributed by atoms with E-state index >= 15 is 0 Å². The lowest BCUT2D eigenvalue weighted by Crippen LogP contribution is -2.52. The van der Waals surface area contributed by atoms with Crippen LogP contribution in [0.15, 0.2) is 0 Å². The van der Waals surface area contributed by atoms with Crippen LogP contribution in [0.3, 0.4) is 0 Å². The zero-order valence-electron chi connectivity index (χ0n) is 15.2. The average Bonchev–Trinajstić information content (AvgIpc) is 3.31. The van der Waals surface area contributed by atoms with Crippen LogP contribution < -0.4 is 0 Å². The summed E-state index contributed by atoms with van der Waals surface area (Å²) in [6.45, 7) is 5.28. The molecular weight excluding hydrogens is 326 g/mol. The lowest BCUT2D eigenvalue weighted by atomic mass is 9.70.